The van der Waals surface area contributed by atoms with Crippen molar-refractivity contribution in [3.05, 3.63) is 68.7 Å². The van der Waals surface area contributed by atoms with Gasteiger partial charge in [0, 0.05) is 13.4 Å². The lowest BCUT2D eigenvalue weighted by Crippen LogP contribution is -2.13. The summed E-state index contributed by atoms with van der Waals surface area (Å²) in [7, 11) is -3.60. The van der Waals surface area contributed by atoms with Gasteiger partial charge in [-0.15, -0.1) is 0 Å². The highest BCUT2D eigenvalue weighted by molar-refractivity contribution is 14.1. The van der Waals surface area contributed by atoms with Gasteiger partial charge in [0.1, 0.15) is 0 Å². The summed E-state index contributed by atoms with van der Waals surface area (Å²) in [5.41, 5.74) is 0.567. The Kier molecular flexibility index (Phi) is 4.42. The predicted molar refractivity (Wildman–Crippen MR) is 102 cm³/mol. The lowest BCUT2D eigenvalue weighted by Gasteiger charge is -2.12. The number of hydrogen-bond donors (Lipinski definition) is 1. The molecule has 0 aliphatic rings. The first-order chi connectivity index (χ1) is 10.5. The fourth-order valence-electron chi connectivity index (χ4n) is 2.17. The normalized spacial score (nSPS) is 11.5. The molecule has 22 heavy (non-hydrogen) atoms. The van der Waals surface area contributed by atoms with Crippen molar-refractivity contribution >= 4 is 65.0 Å². The van der Waals surface area contributed by atoms with Gasteiger partial charge in [0.25, 0.3) is 10.0 Å². The predicted octanol–water partition coefficient (Wildman–Crippen LogP) is 5.01. The van der Waals surface area contributed by atoms with Crippen LogP contribution < -0.4 is 4.72 Å². The first kappa shape index (κ1) is 15.8. The summed E-state index contributed by atoms with van der Waals surface area (Å²) in [5.74, 6) is 0. The number of nitrogens with one attached hydrogen (secondary N) is 1. The van der Waals surface area contributed by atoms with E-state index >= 15 is 0 Å². The Balaban J connectivity index is 2.06. The van der Waals surface area contributed by atoms with Crippen LogP contribution in [0, 0.1) is 3.57 Å². The van der Waals surface area contributed by atoms with Gasteiger partial charge in [-0.1, -0.05) is 40.2 Å². The van der Waals surface area contributed by atoms with E-state index in [2.05, 4.69) is 43.2 Å². The molecule has 0 radical (unpaired) electrons. The zero-order chi connectivity index (χ0) is 15.7. The highest BCUT2D eigenvalue weighted by atomic mass is 127. The average molecular weight is 488 g/mol. The van der Waals surface area contributed by atoms with Crippen molar-refractivity contribution in [2.75, 3.05) is 4.72 Å². The van der Waals surface area contributed by atoms with Gasteiger partial charge in [-0.2, -0.15) is 0 Å². The molecule has 0 saturated carbocycles. The maximum absolute atomic E-state index is 12.5. The highest BCUT2D eigenvalue weighted by Gasteiger charge is 2.15. The number of rotatable bonds is 3. The number of halogens is 2. The number of anilines is 1. The van der Waals surface area contributed by atoms with Crippen LogP contribution in [0.3, 0.4) is 0 Å². The first-order valence-electron chi connectivity index (χ1n) is 6.43. The van der Waals surface area contributed by atoms with E-state index in [9.17, 15) is 8.42 Å². The summed E-state index contributed by atoms with van der Waals surface area (Å²) in [6.45, 7) is 0. The van der Waals surface area contributed by atoms with E-state index in [0.29, 0.717) is 5.69 Å². The second-order valence-electron chi connectivity index (χ2n) is 4.70. The third kappa shape index (κ3) is 3.13. The molecule has 0 aliphatic carbocycles. The minimum Gasteiger partial charge on any atom is -0.279 e. The molecule has 0 unspecified atom stereocenters. The number of hydrogen-bond acceptors (Lipinski definition) is 2. The van der Waals surface area contributed by atoms with E-state index < -0.39 is 10.0 Å². The highest BCUT2D eigenvalue weighted by Crippen LogP contribution is 2.31. The van der Waals surface area contributed by atoms with Crippen LogP contribution in [-0.4, -0.2) is 8.42 Å². The van der Waals surface area contributed by atoms with Gasteiger partial charge in [-0.25, -0.2) is 8.42 Å². The van der Waals surface area contributed by atoms with Gasteiger partial charge in [0.2, 0.25) is 0 Å². The Hall–Kier alpha value is -1.12. The lowest BCUT2D eigenvalue weighted by atomic mass is 10.1. The SMILES string of the molecule is O=S(=O)(Nc1ccc(Br)c2ccccc12)c1ccc(I)cc1. The molecule has 0 atom stereocenters. The Morgan fingerprint density at radius 3 is 2.18 bits per heavy atom. The molecule has 0 aliphatic heterocycles. The average Bonchev–Trinajstić information content (AvgIpc) is 2.51. The molecule has 3 nitrogen and oxygen atoms in total. The van der Waals surface area contributed by atoms with Gasteiger partial charge in [0.15, 0.2) is 0 Å². The third-order valence-corrected chi connectivity index (χ3v) is 6.03. The van der Waals surface area contributed by atoms with Gasteiger partial charge in [-0.05, 0) is 64.4 Å². The molecule has 0 heterocycles. The maximum atomic E-state index is 12.5. The first-order valence-corrected chi connectivity index (χ1v) is 9.78. The molecule has 0 spiro atoms. The quantitative estimate of drug-likeness (QED) is 0.528. The van der Waals surface area contributed by atoms with Gasteiger partial charge in [0.05, 0.1) is 10.6 Å². The van der Waals surface area contributed by atoms with E-state index in [4.69, 9.17) is 0 Å². The van der Waals surface area contributed by atoms with Crippen LogP contribution in [0.4, 0.5) is 5.69 Å². The molecule has 112 valence electrons. The lowest BCUT2D eigenvalue weighted by molar-refractivity contribution is 0.601. The molecule has 6 heteroatoms. The minimum absolute atomic E-state index is 0.250. The summed E-state index contributed by atoms with van der Waals surface area (Å²) in [6, 6.07) is 18.0. The summed E-state index contributed by atoms with van der Waals surface area (Å²) in [5, 5.41) is 1.82. The second kappa shape index (κ2) is 6.17. The van der Waals surface area contributed by atoms with Crippen LogP contribution in [0.1, 0.15) is 0 Å². The number of fused-ring (bicyclic) bond motifs is 1. The van der Waals surface area contributed by atoms with Crippen molar-refractivity contribution in [1.82, 2.24) is 0 Å². The van der Waals surface area contributed by atoms with Crippen LogP contribution in [0.5, 0.6) is 0 Å². The van der Waals surface area contributed by atoms with E-state index in [1.807, 2.05) is 30.3 Å². The number of benzene rings is 3. The summed E-state index contributed by atoms with van der Waals surface area (Å²) < 4.78 is 29.6. The van der Waals surface area contributed by atoms with E-state index in [1.54, 1.807) is 30.3 Å². The van der Waals surface area contributed by atoms with Crippen LogP contribution >= 0.6 is 38.5 Å². The van der Waals surface area contributed by atoms with Gasteiger partial charge >= 0.3 is 0 Å². The van der Waals surface area contributed by atoms with E-state index in [1.165, 1.54) is 0 Å². The van der Waals surface area contributed by atoms with Crippen LogP contribution in [-0.2, 0) is 10.0 Å². The van der Waals surface area contributed by atoms with Gasteiger partial charge < -0.3 is 0 Å². The molecule has 3 rings (SSSR count). The molecular formula is C16H11BrINO2S. The molecular weight excluding hydrogens is 477 g/mol. The summed E-state index contributed by atoms with van der Waals surface area (Å²) >= 11 is 5.63. The molecule has 0 amide bonds. The molecule has 3 aromatic carbocycles. The fraction of sp³-hybridized carbons (Fsp3) is 0. The van der Waals surface area contributed by atoms with Gasteiger partial charge in [-0.3, -0.25) is 4.72 Å². The Labute approximate surface area is 151 Å². The Morgan fingerprint density at radius 2 is 1.50 bits per heavy atom. The van der Waals surface area contributed by atoms with Crippen molar-refractivity contribution < 1.29 is 8.42 Å². The molecule has 3 aromatic rings. The molecule has 0 aromatic heterocycles. The van der Waals surface area contributed by atoms with Crippen molar-refractivity contribution in [3.63, 3.8) is 0 Å². The molecule has 1 N–H and O–H groups in total. The van der Waals surface area contributed by atoms with Crippen LogP contribution in [0.25, 0.3) is 10.8 Å². The summed E-state index contributed by atoms with van der Waals surface area (Å²) in [4.78, 5) is 0.250. The maximum Gasteiger partial charge on any atom is 0.261 e. The Bertz CT molecular complexity index is 940. The minimum atomic E-state index is -3.60. The topological polar surface area (TPSA) is 46.2 Å². The molecule has 0 bridgehead atoms. The van der Waals surface area contributed by atoms with E-state index in [-0.39, 0.29) is 4.90 Å². The van der Waals surface area contributed by atoms with Crippen LogP contribution in [0.15, 0.2) is 70.0 Å². The largest absolute Gasteiger partial charge is 0.279 e. The fourth-order valence-corrected chi connectivity index (χ4v) is 4.09. The van der Waals surface area contributed by atoms with Crippen molar-refractivity contribution in [2.45, 2.75) is 4.90 Å². The zero-order valence-electron chi connectivity index (χ0n) is 11.3. The van der Waals surface area contributed by atoms with Crippen molar-refractivity contribution in [1.29, 1.82) is 0 Å². The second-order valence-corrected chi connectivity index (χ2v) is 8.48. The monoisotopic (exact) mass is 487 g/mol. The third-order valence-electron chi connectivity index (χ3n) is 3.24. The van der Waals surface area contributed by atoms with Crippen molar-refractivity contribution in [3.8, 4) is 0 Å². The molecule has 0 saturated heterocycles. The van der Waals surface area contributed by atoms with E-state index in [0.717, 1.165) is 18.8 Å². The standard InChI is InChI=1S/C16H11BrINO2S/c17-15-9-10-16(14-4-2-1-3-13(14)15)19-22(20,21)12-7-5-11(18)6-8-12/h1-10,19H. The Morgan fingerprint density at radius 1 is 0.864 bits per heavy atom. The zero-order valence-corrected chi connectivity index (χ0v) is 15.8. The van der Waals surface area contributed by atoms with Crippen LogP contribution in [0.2, 0.25) is 0 Å². The molecule has 0 fully saturated rings. The smallest absolute Gasteiger partial charge is 0.261 e. The van der Waals surface area contributed by atoms with Crippen molar-refractivity contribution in [2.24, 2.45) is 0 Å². The summed E-state index contributed by atoms with van der Waals surface area (Å²) in [6.07, 6.45) is 0. The number of sulfonamides is 1.